The van der Waals surface area contributed by atoms with Crippen LogP contribution in [0.1, 0.15) is 91.4 Å². The lowest BCUT2D eigenvalue weighted by Crippen LogP contribution is -2.61. The van der Waals surface area contributed by atoms with E-state index in [1.807, 2.05) is 6.92 Å². The number of carbonyl (C=O) groups excluding carboxylic acids is 1. The Hall–Kier alpha value is -0.690. The maximum absolute atomic E-state index is 12.8. The summed E-state index contributed by atoms with van der Waals surface area (Å²) in [6.07, 6.45) is 12.6. The van der Waals surface area contributed by atoms with E-state index in [4.69, 9.17) is 9.47 Å². The number of piperidine rings is 1. The molecule has 0 radical (unpaired) electrons. The van der Waals surface area contributed by atoms with E-state index in [0.717, 1.165) is 55.5 Å². The predicted octanol–water partition coefficient (Wildman–Crippen LogP) is 4.63. The maximum Gasteiger partial charge on any atom is 0.306 e. The van der Waals surface area contributed by atoms with E-state index in [9.17, 15) is 9.90 Å². The monoisotopic (exact) mass is 531 g/mol. The standard InChI is InChI=1S/C32H55N2O4/c1-5-29(36)38-30-27(34(4)15-7-6-8-16-34)20-25-23-10-9-22-19-28(35)26(33-13-17-37-18-14-33)21-32(22,3)24(23)11-12-31(25,30)2/h22-28,30,35H,5-21H2,1-4H3/q+1/t22?,23-,24-,25+,26?,27?,28?,30?,31+,32+/m1/s1. The molecule has 2 aliphatic heterocycles. The fourth-order valence-corrected chi connectivity index (χ4v) is 11.1. The summed E-state index contributed by atoms with van der Waals surface area (Å²) in [5.74, 6) is 2.73. The van der Waals surface area contributed by atoms with Gasteiger partial charge < -0.3 is 19.1 Å². The minimum atomic E-state index is -0.200. The molecule has 5 unspecified atom stereocenters. The van der Waals surface area contributed by atoms with Crippen LogP contribution in [-0.4, -0.2) is 91.2 Å². The van der Waals surface area contributed by atoms with E-state index in [1.54, 1.807) is 0 Å². The van der Waals surface area contributed by atoms with Gasteiger partial charge in [0.25, 0.3) is 0 Å². The fraction of sp³-hybridized carbons (Fsp3) is 0.969. The molecule has 4 aliphatic carbocycles. The Morgan fingerprint density at radius 1 is 1.03 bits per heavy atom. The number of ether oxygens (including phenoxy) is 2. The first-order valence-corrected chi connectivity index (χ1v) is 16.2. The SMILES string of the molecule is CCC(=O)OC1C([N+]2(C)CCCCC2)C[C@H]2[C@@H]3CCC4CC(O)C(N5CCOCC5)C[C@]4(C)[C@@H]3CC[C@]12C. The number of carbonyl (C=O) groups is 1. The Morgan fingerprint density at radius 2 is 1.76 bits per heavy atom. The summed E-state index contributed by atoms with van der Waals surface area (Å²) < 4.78 is 13.2. The van der Waals surface area contributed by atoms with E-state index >= 15 is 0 Å². The van der Waals surface area contributed by atoms with Crippen molar-refractivity contribution in [1.82, 2.24) is 4.90 Å². The first-order chi connectivity index (χ1) is 18.2. The van der Waals surface area contributed by atoms with Crippen molar-refractivity contribution >= 4 is 5.97 Å². The zero-order valence-electron chi connectivity index (χ0n) is 24.7. The number of likely N-dealkylation sites (N-methyl/N-ethyl adjacent to an activating group) is 1. The van der Waals surface area contributed by atoms with Crippen LogP contribution in [-0.2, 0) is 14.3 Å². The van der Waals surface area contributed by atoms with Crippen LogP contribution in [0.15, 0.2) is 0 Å². The summed E-state index contributed by atoms with van der Waals surface area (Å²) in [7, 11) is 2.47. The highest BCUT2D eigenvalue weighted by molar-refractivity contribution is 5.69. The van der Waals surface area contributed by atoms with Gasteiger partial charge in [-0.15, -0.1) is 0 Å². The van der Waals surface area contributed by atoms with Gasteiger partial charge in [-0.3, -0.25) is 9.69 Å². The van der Waals surface area contributed by atoms with Gasteiger partial charge in [-0.1, -0.05) is 20.8 Å². The molecule has 6 heteroatoms. The number of aliphatic hydroxyl groups is 1. The average Bonchev–Trinajstić information content (AvgIpc) is 3.22. The number of hydrogen-bond donors (Lipinski definition) is 1. The lowest BCUT2D eigenvalue weighted by atomic mass is 9.44. The largest absolute Gasteiger partial charge is 0.455 e. The van der Waals surface area contributed by atoms with E-state index in [1.165, 1.54) is 64.5 Å². The van der Waals surface area contributed by atoms with Gasteiger partial charge in [-0.25, -0.2) is 0 Å². The molecule has 1 N–H and O–H groups in total. The Bertz CT molecular complexity index is 870. The highest BCUT2D eigenvalue weighted by Crippen LogP contribution is 2.67. The first kappa shape index (κ1) is 27.5. The zero-order valence-corrected chi connectivity index (χ0v) is 24.7. The zero-order chi connectivity index (χ0) is 26.7. The van der Waals surface area contributed by atoms with Crippen LogP contribution >= 0.6 is 0 Å². The summed E-state index contributed by atoms with van der Waals surface area (Å²) in [5, 5.41) is 11.3. The molecule has 0 spiro atoms. The molecule has 0 aromatic rings. The maximum atomic E-state index is 12.8. The summed E-state index contributed by atoms with van der Waals surface area (Å²) in [6.45, 7) is 13.0. The number of aliphatic hydroxyl groups excluding tert-OH is 1. The first-order valence-electron chi connectivity index (χ1n) is 16.2. The Labute approximate surface area is 231 Å². The number of morpholine rings is 1. The molecule has 6 nitrogen and oxygen atoms in total. The van der Waals surface area contributed by atoms with Gasteiger partial charge in [0, 0.05) is 37.4 Å². The Kier molecular flexibility index (Phi) is 7.45. The quantitative estimate of drug-likeness (QED) is 0.423. The van der Waals surface area contributed by atoms with Crippen molar-refractivity contribution in [2.24, 2.45) is 34.5 Å². The average molecular weight is 532 g/mol. The Balaban J connectivity index is 1.28. The molecule has 0 aromatic heterocycles. The van der Waals surface area contributed by atoms with Crippen molar-refractivity contribution in [3.8, 4) is 0 Å². The van der Waals surface area contributed by atoms with Crippen LogP contribution in [0, 0.1) is 34.5 Å². The second-order valence-electron chi connectivity index (χ2n) is 15.0. The number of rotatable bonds is 4. The van der Waals surface area contributed by atoms with Crippen molar-refractivity contribution in [2.75, 3.05) is 46.4 Å². The highest BCUT2D eigenvalue weighted by atomic mass is 16.5. The molecule has 0 bridgehead atoms. The van der Waals surface area contributed by atoms with Gasteiger partial charge in [0.1, 0.15) is 6.04 Å². The normalized spacial score (nSPS) is 49.0. The molecular weight excluding hydrogens is 476 g/mol. The second-order valence-corrected chi connectivity index (χ2v) is 15.0. The van der Waals surface area contributed by atoms with Gasteiger partial charge in [0.05, 0.1) is 39.5 Å². The third kappa shape index (κ3) is 4.39. The minimum absolute atomic E-state index is 0.00195. The van der Waals surface area contributed by atoms with Crippen LogP contribution in [0.3, 0.4) is 0 Å². The van der Waals surface area contributed by atoms with E-state index < -0.39 is 0 Å². The summed E-state index contributed by atoms with van der Waals surface area (Å²) in [4.78, 5) is 15.3. The molecule has 38 heavy (non-hydrogen) atoms. The number of likely N-dealkylation sites (tertiary alicyclic amines) is 1. The molecule has 2 heterocycles. The lowest BCUT2D eigenvalue weighted by molar-refractivity contribution is -0.940. The molecule has 6 aliphatic rings. The van der Waals surface area contributed by atoms with Crippen LogP contribution < -0.4 is 0 Å². The van der Waals surface area contributed by atoms with Crippen LogP contribution in [0.4, 0.5) is 0 Å². The molecule has 0 amide bonds. The van der Waals surface area contributed by atoms with Gasteiger partial charge in [-0.2, -0.15) is 0 Å². The van der Waals surface area contributed by atoms with E-state index in [-0.39, 0.29) is 29.6 Å². The molecule has 6 rings (SSSR count). The van der Waals surface area contributed by atoms with Gasteiger partial charge in [0.2, 0.25) is 0 Å². The van der Waals surface area contributed by atoms with Crippen LogP contribution in [0.25, 0.3) is 0 Å². The van der Waals surface area contributed by atoms with Crippen molar-refractivity contribution < 1.29 is 23.9 Å². The third-order valence-corrected chi connectivity index (χ3v) is 13.3. The van der Waals surface area contributed by atoms with E-state index in [2.05, 4.69) is 25.8 Å². The third-order valence-electron chi connectivity index (χ3n) is 13.3. The van der Waals surface area contributed by atoms with Crippen molar-refractivity contribution in [3.63, 3.8) is 0 Å². The van der Waals surface area contributed by atoms with Crippen LogP contribution in [0.2, 0.25) is 0 Å². The van der Waals surface area contributed by atoms with Crippen molar-refractivity contribution in [3.05, 3.63) is 0 Å². The minimum Gasteiger partial charge on any atom is -0.455 e. The molecular formula is C32H55N2O4+. The number of esters is 1. The predicted molar refractivity (Wildman–Crippen MR) is 148 cm³/mol. The lowest BCUT2D eigenvalue weighted by Gasteiger charge is -2.62. The molecule has 0 aromatic carbocycles. The second kappa shape index (κ2) is 10.3. The fourth-order valence-electron chi connectivity index (χ4n) is 11.1. The molecule has 10 atom stereocenters. The number of hydrogen-bond acceptors (Lipinski definition) is 5. The molecule has 216 valence electrons. The number of fused-ring (bicyclic) bond motifs is 5. The number of quaternary nitrogens is 1. The summed E-state index contributed by atoms with van der Waals surface area (Å²) in [6, 6.07) is 0.721. The summed E-state index contributed by atoms with van der Waals surface area (Å²) in [5.41, 5.74) is 0.389. The topological polar surface area (TPSA) is 59.0 Å². The van der Waals surface area contributed by atoms with Crippen LogP contribution in [0.5, 0.6) is 0 Å². The molecule has 2 saturated heterocycles. The van der Waals surface area contributed by atoms with Gasteiger partial charge in [-0.05, 0) is 86.9 Å². The number of nitrogens with zero attached hydrogens (tertiary/aromatic N) is 2. The molecule has 6 fully saturated rings. The Morgan fingerprint density at radius 3 is 2.47 bits per heavy atom. The van der Waals surface area contributed by atoms with Gasteiger partial charge in [0.15, 0.2) is 6.10 Å². The highest BCUT2D eigenvalue weighted by Gasteiger charge is 2.67. The van der Waals surface area contributed by atoms with Crippen molar-refractivity contribution in [1.29, 1.82) is 0 Å². The van der Waals surface area contributed by atoms with E-state index in [0.29, 0.717) is 29.7 Å². The summed E-state index contributed by atoms with van der Waals surface area (Å²) >= 11 is 0. The molecule has 4 saturated carbocycles. The van der Waals surface area contributed by atoms with Gasteiger partial charge >= 0.3 is 5.97 Å². The smallest absolute Gasteiger partial charge is 0.306 e. The van der Waals surface area contributed by atoms with Crippen molar-refractivity contribution in [2.45, 2.75) is 116 Å².